The second-order valence-electron chi connectivity index (χ2n) is 2.96. The highest BCUT2D eigenvalue weighted by Gasteiger charge is 2.13. The molecule has 1 saturated heterocycles. The molecule has 1 aromatic heterocycles. The molecule has 13 heavy (non-hydrogen) atoms. The summed E-state index contributed by atoms with van der Waals surface area (Å²) in [5.74, 6) is 2.41. The van der Waals surface area contributed by atoms with E-state index >= 15 is 0 Å². The van der Waals surface area contributed by atoms with E-state index in [-0.39, 0.29) is 0 Å². The van der Waals surface area contributed by atoms with E-state index in [0.29, 0.717) is 6.04 Å². The molecular weight excluding hydrogens is 184 g/mol. The van der Waals surface area contributed by atoms with E-state index < -0.39 is 0 Å². The van der Waals surface area contributed by atoms with E-state index in [1.807, 2.05) is 17.8 Å². The Bertz CT molecular complexity index is 264. The van der Waals surface area contributed by atoms with Crippen molar-refractivity contribution in [2.45, 2.75) is 12.5 Å². The van der Waals surface area contributed by atoms with Crippen LogP contribution in [0.4, 0.5) is 0 Å². The molecule has 1 aromatic rings. The van der Waals surface area contributed by atoms with Gasteiger partial charge in [-0.05, 0) is 18.2 Å². The van der Waals surface area contributed by atoms with Crippen LogP contribution >= 0.6 is 11.8 Å². The molecule has 2 heterocycles. The van der Waals surface area contributed by atoms with Gasteiger partial charge in [0, 0.05) is 11.9 Å². The van der Waals surface area contributed by atoms with Crippen molar-refractivity contribution in [1.29, 1.82) is 0 Å². The van der Waals surface area contributed by atoms with Crippen LogP contribution in [-0.4, -0.2) is 34.0 Å². The van der Waals surface area contributed by atoms with E-state index in [0.717, 1.165) is 5.69 Å². The van der Waals surface area contributed by atoms with E-state index in [2.05, 4.69) is 20.7 Å². The van der Waals surface area contributed by atoms with Gasteiger partial charge in [0.15, 0.2) is 0 Å². The van der Waals surface area contributed by atoms with Gasteiger partial charge in [0.1, 0.15) is 0 Å². The van der Waals surface area contributed by atoms with Crippen LogP contribution in [0.3, 0.4) is 0 Å². The predicted octanol–water partition coefficient (Wildman–Crippen LogP) is 0.839. The van der Waals surface area contributed by atoms with Crippen molar-refractivity contribution < 1.29 is 0 Å². The summed E-state index contributed by atoms with van der Waals surface area (Å²) < 4.78 is 0. The Balaban J connectivity index is 1.78. The molecule has 1 unspecified atom stereocenters. The number of hydrogen-bond donors (Lipinski definition) is 2. The van der Waals surface area contributed by atoms with Crippen molar-refractivity contribution in [3.63, 3.8) is 0 Å². The van der Waals surface area contributed by atoms with E-state index in [4.69, 9.17) is 0 Å². The van der Waals surface area contributed by atoms with Gasteiger partial charge in [-0.15, -0.1) is 0 Å². The van der Waals surface area contributed by atoms with Crippen LogP contribution in [0.25, 0.3) is 0 Å². The number of H-pyrrole nitrogens is 1. The van der Waals surface area contributed by atoms with Crippen molar-refractivity contribution >= 4 is 18.0 Å². The van der Waals surface area contributed by atoms with Crippen molar-refractivity contribution in [3.8, 4) is 0 Å². The Morgan fingerprint density at radius 2 is 2.77 bits per heavy atom. The maximum Gasteiger partial charge on any atom is 0.0778 e. The van der Waals surface area contributed by atoms with Gasteiger partial charge in [-0.25, -0.2) is 0 Å². The highest BCUT2D eigenvalue weighted by molar-refractivity contribution is 7.99. The molecule has 1 atom stereocenters. The molecule has 2 rings (SSSR count). The zero-order valence-electron chi connectivity index (χ0n) is 7.23. The molecule has 0 bridgehead atoms. The zero-order chi connectivity index (χ0) is 8.93. The number of hydrazone groups is 1. The second kappa shape index (κ2) is 4.32. The first kappa shape index (κ1) is 8.62. The summed E-state index contributed by atoms with van der Waals surface area (Å²) in [6.07, 6.45) is 4.69. The number of nitrogens with one attached hydrogen (secondary N) is 2. The molecule has 0 spiro atoms. The molecule has 4 nitrogen and oxygen atoms in total. The standard InChI is InChI=1S/C8H12N4S/c1-3-9-11-7(1)5-10-12-8-2-4-13-6-8/h1,3,5,8,12H,2,4,6H2,(H,9,11)/b10-5+. The molecule has 1 aliphatic heterocycles. The molecule has 5 heteroatoms. The lowest BCUT2D eigenvalue weighted by Crippen LogP contribution is -2.23. The zero-order valence-corrected chi connectivity index (χ0v) is 8.05. The third-order valence-corrected chi connectivity index (χ3v) is 3.08. The van der Waals surface area contributed by atoms with E-state index in [9.17, 15) is 0 Å². The molecule has 1 fully saturated rings. The topological polar surface area (TPSA) is 53.1 Å². The average molecular weight is 196 g/mol. The van der Waals surface area contributed by atoms with Gasteiger partial charge in [0.25, 0.3) is 0 Å². The van der Waals surface area contributed by atoms with Crippen molar-refractivity contribution in [2.75, 3.05) is 11.5 Å². The summed E-state index contributed by atoms with van der Waals surface area (Å²) in [4.78, 5) is 0. The number of nitrogens with zero attached hydrogens (tertiary/aromatic N) is 2. The summed E-state index contributed by atoms with van der Waals surface area (Å²) in [5.41, 5.74) is 4.05. The molecule has 1 aliphatic rings. The first-order valence-electron chi connectivity index (χ1n) is 4.31. The van der Waals surface area contributed by atoms with Crippen LogP contribution < -0.4 is 5.43 Å². The summed E-state index contributed by atoms with van der Waals surface area (Å²) >= 11 is 1.97. The lowest BCUT2D eigenvalue weighted by molar-refractivity contribution is 0.586. The van der Waals surface area contributed by atoms with Crippen LogP contribution in [0.2, 0.25) is 0 Å². The SMILES string of the molecule is C(=N\NC1CCSC1)/c1ccn[nH]1. The van der Waals surface area contributed by atoms with Crippen LogP contribution in [-0.2, 0) is 0 Å². The normalized spacial score (nSPS) is 22.6. The number of thioether (sulfide) groups is 1. The van der Waals surface area contributed by atoms with Crippen LogP contribution in [0, 0.1) is 0 Å². The highest BCUT2D eigenvalue weighted by Crippen LogP contribution is 2.16. The lowest BCUT2D eigenvalue weighted by atomic mass is 10.3. The maximum absolute atomic E-state index is 4.14. The minimum Gasteiger partial charge on any atom is -0.306 e. The van der Waals surface area contributed by atoms with Gasteiger partial charge in [-0.2, -0.15) is 22.0 Å². The highest BCUT2D eigenvalue weighted by atomic mass is 32.2. The van der Waals surface area contributed by atoms with Crippen LogP contribution in [0.1, 0.15) is 12.1 Å². The number of aromatic amines is 1. The Morgan fingerprint density at radius 3 is 3.46 bits per heavy atom. The fourth-order valence-electron chi connectivity index (χ4n) is 1.19. The lowest BCUT2D eigenvalue weighted by Gasteiger charge is -2.05. The van der Waals surface area contributed by atoms with Gasteiger partial charge in [0.05, 0.1) is 18.0 Å². The van der Waals surface area contributed by atoms with Gasteiger partial charge in [-0.3, -0.25) is 5.10 Å². The van der Waals surface area contributed by atoms with Gasteiger partial charge in [0.2, 0.25) is 0 Å². The molecule has 0 saturated carbocycles. The molecule has 0 aromatic carbocycles. The Morgan fingerprint density at radius 1 is 1.77 bits per heavy atom. The van der Waals surface area contributed by atoms with Crippen LogP contribution in [0.5, 0.6) is 0 Å². The smallest absolute Gasteiger partial charge is 0.0778 e. The van der Waals surface area contributed by atoms with Crippen LogP contribution in [0.15, 0.2) is 17.4 Å². The fraction of sp³-hybridized carbons (Fsp3) is 0.500. The minimum atomic E-state index is 0.546. The average Bonchev–Trinajstić information content (AvgIpc) is 2.75. The van der Waals surface area contributed by atoms with Gasteiger partial charge in [-0.1, -0.05) is 0 Å². The van der Waals surface area contributed by atoms with Crippen molar-refractivity contribution in [2.24, 2.45) is 5.10 Å². The first-order chi connectivity index (χ1) is 6.45. The van der Waals surface area contributed by atoms with Gasteiger partial charge >= 0.3 is 0 Å². The van der Waals surface area contributed by atoms with Gasteiger partial charge < -0.3 is 5.43 Å². The van der Waals surface area contributed by atoms with Crippen molar-refractivity contribution in [1.82, 2.24) is 15.6 Å². The van der Waals surface area contributed by atoms with E-state index in [1.165, 1.54) is 17.9 Å². The maximum atomic E-state index is 4.14. The number of rotatable bonds is 3. The van der Waals surface area contributed by atoms with Crippen molar-refractivity contribution in [3.05, 3.63) is 18.0 Å². The second-order valence-corrected chi connectivity index (χ2v) is 4.11. The Kier molecular flexibility index (Phi) is 2.86. The Labute approximate surface area is 81.2 Å². The first-order valence-corrected chi connectivity index (χ1v) is 5.46. The summed E-state index contributed by atoms with van der Waals surface area (Å²) in [5, 5.41) is 10.8. The fourth-order valence-corrected chi connectivity index (χ4v) is 2.33. The molecule has 70 valence electrons. The van der Waals surface area contributed by atoms with E-state index in [1.54, 1.807) is 12.4 Å². The molecular formula is C8H12N4S. The molecule has 2 N–H and O–H groups in total. The summed E-state index contributed by atoms with van der Waals surface area (Å²) in [7, 11) is 0. The third-order valence-electron chi connectivity index (χ3n) is 1.91. The third kappa shape index (κ3) is 2.48. The summed E-state index contributed by atoms with van der Waals surface area (Å²) in [6.45, 7) is 0. The quantitative estimate of drug-likeness (QED) is 0.556. The molecule has 0 radical (unpaired) electrons. The monoisotopic (exact) mass is 196 g/mol. The minimum absolute atomic E-state index is 0.546. The molecule has 0 amide bonds. The molecule has 0 aliphatic carbocycles. The predicted molar refractivity (Wildman–Crippen MR) is 55.0 cm³/mol. The Hall–Kier alpha value is -0.970. The number of aromatic nitrogens is 2. The summed E-state index contributed by atoms with van der Waals surface area (Å²) in [6, 6.07) is 2.43. The largest absolute Gasteiger partial charge is 0.306 e. The number of hydrogen-bond acceptors (Lipinski definition) is 4.